The summed E-state index contributed by atoms with van der Waals surface area (Å²) in [5.41, 5.74) is 11.2. The van der Waals surface area contributed by atoms with E-state index in [0.29, 0.717) is 17.5 Å². The highest BCUT2D eigenvalue weighted by molar-refractivity contribution is 6.12. The normalized spacial score (nSPS) is 12.8. The first kappa shape index (κ1) is 28.4. The van der Waals surface area contributed by atoms with E-state index in [1.165, 1.54) is 11.1 Å². The van der Waals surface area contributed by atoms with Crippen LogP contribution in [-0.2, 0) is 6.42 Å². The van der Waals surface area contributed by atoms with Gasteiger partial charge in [0.1, 0.15) is 22.5 Å². The molecule has 3 aromatic heterocycles. The van der Waals surface area contributed by atoms with E-state index in [0.717, 1.165) is 84.9 Å². The van der Waals surface area contributed by atoms with E-state index in [1.54, 1.807) is 0 Å². The minimum Gasteiger partial charge on any atom is -0.460 e. The Bertz CT molecular complexity index is 2740. The van der Waals surface area contributed by atoms with Gasteiger partial charge in [-0.2, -0.15) is 0 Å². The van der Waals surface area contributed by atoms with Crippen molar-refractivity contribution in [1.82, 2.24) is 15.0 Å². The summed E-state index contributed by atoms with van der Waals surface area (Å²) in [6.07, 6.45) is 3.76. The highest BCUT2D eigenvalue weighted by Crippen LogP contribution is 2.40. The van der Waals surface area contributed by atoms with Gasteiger partial charge in [0.25, 0.3) is 0 Å². The third-order valence-corrected chi connectivity index (χ3v) is 9.67. The van der Waals surface area contributed by atoms with Crippen LogP contribution in [0.1, 0.15) is 23.6 Å². The van der Waals surface area contributed by atoms with Crippen LogP contribution in [0.5, 0.6) is 0 Å². The number of fused-ring (bicyclic) bond motifs is 6. The Balaban J connectivity index is 1.13. The molecule has 0 radical (unpaired) electrons. The molecule has 6 aromatic carbocycles. The highest BCUT2D eigenvalue weighted by atomic mass is 16.3. The number of hydrogen-bond donors (Lipinski definition) is 0. The first-order valence-corrected chi connectivity index (χ1v) is 16.9. The number of rotatable bonds is 5. The summed E-state index contributed by atoms with van der Waals surface area (Å²) in [5.74, 6) is 2.93. The molecule has 0 spiro atoms. The minimum absolute atomic E-state index is 0.614. The maximum Gasteiger partial charge on any atom is 0.164 e. The lowest BCUT2D eigenvalue weighted by Crippen LogP contribution is -2.05. The van der Waals surface area contributed by atoms with E-state index in [2.05, 4.69) is 91.0 Å². The fraction of sp³-hybridized carbons (Fsp3) is 0.0444. The van der Waals surface area contributed by atoms with E-state index >= 15 is 0 Å². The molecule has 0 aliphatic heterocycles. The van der Waals surface area contributed by atoms with E-state index < -0.39 is 0 Å². The molecule has 9 aromatic rings. The average molecular weight is 644 g/mol. The average Bonchev–Trinajstić information content (AvgIpc) is 3.76. The van der Waals surface area contributed by atoms with Crippen LogP contribution in [0.25, 0.3) is 89.6 Å². The predicted octanol–water partition coefficient (Wildman–Crippen LogP) is 11.7. The van der Waals surface area contributed by atoms with Gasteiger partial charge in [-0.3, -0.25) is 0 Å². The smallest absolute Gasteiger partial charge is 0.164 e. The molecule has 0 saturated carbocycles. The number of para-hydroxylation sites is 1. The van der Waals surface area contributed by atoms with Crippen molar-refractivity contribution < 1.29 is 8.83 Å². The van der Waals surface area contributed by atoms with Crippen LogP contribution in [0.4, 0.5) is 0 Å². The Hall–Kier alpha value is -6.59. The Kier molecular flexibility index (Phi) is 6.56. The third kappa shape index (κ3) is 4.82. The summed E-state index contributed by atoms with van der Waals surface area (Å²) < 4.78 is 12.6. The first-order valence-electron chi connectivity index (χ1n) is 16.9. The molecule has 236 valence electrons. The van der Waals surface area contributed by atoms with Crippen LogP contribution in [-0.4, -0.2) is 15.0 Å². The molecular weight excluding hydrogens is 615 g/mol. The zero-order valence-electron chi connectivity index (χ0n) is 27.0. The van der Waals surface area contributed by atoms with Crippen molar-refractivity contribution >= 4 is 44.6 Å². The number of nitrogens with zero attached hydrogens (tertiary/aromatic N) is 3. The van der Waals surface area contributed by atoms with Gasteiger partial charge >= 0.3 is 0 Å². The fourth-order valence-corrected chi connectivity index (χ4v) is 7.17. The molecule has 10 rings (SSSR count). The van der Waals surface area contributed by atoms with E-state index in [9.17, 15) is 0 Å². The van der Waals surface area contributed by atoms with Crippen molar-refractivity contribution in [3.8, 4) is 45.0 Å². The summed E-state index contributed by atoms with van der Waals surface area (Å²) in [6, 6.07) is 50.0. The van der Waals surface area contributed by atoms with Gasteiger partial charge in [0.05, 0.1) is 0 Å². The quantitative estimate of drug-likeness (QED) is 0.187. The van der Waals surface area contributed by atoms with Crippen LogP contribution < -0.4 is 0 Å². The van der Waals surface area contributed by atoms with Crippen LogP contribution in [0.2, 0.25) is 0 Å². The molecule has 0 N–H and O–H groups in total. The molecule has 5 nitrogen and oxygen atoms in total. The summed E-state index contributed by atoms with van der Waals surface area (Å²) in [7, 11) is 0. The van der Waals surface area contributed by atoms with Crippen LogP contribution >= 0.6 is 0 Å². The monoisotopic (exact) mass is 643 g/mol. The molecule has 1 aliphatic rings. The molecule has 0 saturated heterocycles. The van der Waals surface area contributed by atoms with Crippen molar-refractivity contribution in [2.45, 2.75) is 12.8 Å². The first-order chi connectivity index (χ1) is 24.7. The fourth-order valence-electron chi connectivity index (χ4n) is 7.17. The number of furan rings is 2. The molecule has 50 heavy (non-hydrogen) atoms. The number of aryl methyl sites for hydroxylation is 1. The largest absolute Gasteiger partial charge is 0.460 e. The molecule has 0 bridgehead atoms. The molecule has 0 fully saturated rings. The molecule has 3 heterocycles. The number of hydrogen-bond acceptors (Lipinski definition) is 5. The summed E-state index contributed by atoms with van der Waals surface area (Å²) >= 11 is 0. The van der Waals surface area contributed by atoms with Crippen molar-refractivity contribution in [1.29, 1.82) is 0 Å². The van der Waals surface area contributed by atoms with Gasteiger partial charge in [-0.15, -0.1) is 0 Å². The van der Waals surface area contributed by atoms with Gasteiger partial charge in [0.15, 0.2) is 17.5 Å². The molecule has 0 unspecified atom stereocenters. The second-order valence-corrected chi connectivity index (χ2v) is 12.7. The van der Waals surface area contributed by atoms with Gasteiger partial charge in [-0.25, -0.2) is 15.0 Å². The van der Waals surface area contributed by atoms with E-state index in [4.69, 9.17) is 23.8 Å². The van der Waals surface area contributed by atoms with Crippen molar-refractivity contribution in [2.24, 2.45) is 0 Å². The van der Waals surface area contributed by atoms with Crippen molar-refractivity contribution in [2.75, 3.05) is 0 Å². The zero-order valence-corrected chi connectivity index (χ0v) is 27.0. The molecule has 1 aliphatic carbocycles. The molecular formula is C45H29N3O2. The van der Waals surface area contributed by atoms with Gasteiger partial charge in [-0.1, -0.05) is 121 Å². The topological polar surface area (TPSA) is 65.0 Å². The Morgan fingerprint density at radius 2 is 1.04 bits per heavy atom. The standard InChI is InChI=1S/C45H29N3O2/c1-3-10-28(11-4-1)29-18-20-30(21-19-29)32-22-24-40-37(26-32)42-35(15-9-17-41(42)50-40)45-47-43(31-12-5-2-6-13-31)46-44(48-45)33-23-25-39-36(27-33)34-14-7-8-16-38(34)49-39/h1-22,24,26-27H,23,25H2. The summed E-state index contributed by atoms with van der Waals surface area (Å²) in [6.45, 7) is 0. The van der Waals surface area contributed by atoms with E-state index in [1.807, 2.05) is 60.7 Å². The number of allylic oxidation sites excluding steroid dienone is 1. The molecule has 5 heteroatoms. The third-order valence-electron chi connectivity index (χ3n) is 9.67. The van der Waals surface area contributed by atoms with Gasteiger partial charge in [-0.05, 0) is 64.6 Å². The maximum absolute atomic E-state index is 6.42. The van der Waals surface area contributed by atoms with Gasteiger partial charge in [0.2, 0.25) is 0 Å². The maximum atomic E-state index is 6.42. The molecule has 0 amide bonds. The number of aromatic nitrogens is 3. The highest BCUT2D eigenvalue weighted by Gasteiger charge is 2.23. The lowest BCUT2D eigenvalue weighted by Gasteiger charge is -2.14. The minimum atomic E-state index is 0.614. The van der Waals surface area contributed by atoms with Crippen LogP contribution in [0.15, 0.2) is 154 Å². The second-order valence-electron chi connectivity index (χ2n) is 12.7. The summed E-state index contributed by atoms with van der Waals surface area (Å²) in [4.78, 5) is 15.3. The predicted molar refractivity (Wildman–Crippen MR) is 201 cm³/mol. The Morgan fingerprint density at radius 3 is 1.86 bits per heavy atom. The Morgan fingerprint density at radius 1 is 0.420 bits per heavy atom. The SMILES string of the molecule is C1=C(c2nc(-c3ccccc3)nc(-c3cccc4oc5ccc(-c6ccc(-c7ccccc7)cc6)cc5c34)n2)CCc2oc3ccccc3c21. The van der Waals surface area contributed by atoms with Gasteiger partial charge in [0, 0.05) is 39.3 Å². The van der Waals surface area contributed by atoms with Crippen LogP contribution in [0.3, 0.4) is 0 Å². The van der Waals surface area contributed by atoms with Crippen LogP contribution in [0, 0.1) is 0 Å². The zero-order chi connectivity index (χ0) is 33.0. The van der Waals surface area contributed by atoms with Crippen molar-refractivity contribution in [3.63, 3.8) is 0 Å². The second kappa shape index (κ2) is 11.5. The number of benzene rings is 6. The van der Waals surface area contributed by atoms with E-state index in [-0.39, 0.29) is 0 Å². The lowest BCUT2D eigenvalue weighted by molar-refractivity contribution is 0.547. The van der Waals surface area contributed by atoms with Crippen molar-refractivity contribution in [3.05, 3.63) is 163 Å². The Labute approximate surface area is 288 Å². The summed E-state index contributed by atoms with van der Waals surface area (Å²) in [5, 5.41) is 3.12. The van der Waals surface area contributed by atoms with Gasteiger partial charge < -0.3 is 8.83 Å². The molecule has 0 atom stereocenters. The lowest BCUT2D eigenvalue weighted by atomic mass is 9.95.